The maximum Gasteiger partial charge on any atom is 0.219 e. The molecular formula is C15H21N3O2. The van der Waals surface area contributed by atoms with Crippen molar-refractivity contribution in [3.8, 4) is 11.6 Å². The number of pyridine rings is 1. The molecule has 0 spiro atoms. The van der Waals surface area contributed by atoms with Crippen LogP contribution in [0.3, 0.4) is 0 Å². The number of hydrogen-bond acceptors (Lipinski definition) is 4. The Bertz CT molecular complexity index is 552. The van der Waals surface area contributed by atoms with Crippen molar-refractivity contribution < 1.29 is 9.84 Å². The van der Waals surface area contributed by atoms with E-state index < -0.39 is 0 Å². The fraction of sp³-hybridized carbons (Fsp3) is 0.467. The quantitative estimate of drug-likeness (QED) is 0.844. The molecule has 5 nitrogen and oxygen atoms in total. The van der Waals surface area contributed by atoms with Crippen molar-refractivity contribution in [2.75, 3.05) is 0 Å². The normalized spacial score (nSPS) is 10.8. The zero-order valence-corrected chi connectivity index (χ0v) is 12.0. The van der Waals surface area contributed by atoms with Crippen LogP contribution in [0.5, 0.6) is 11.6 Å². The molecule has 0 fully saturated rings. The second-order valence-corrected chi connectivity index (χ2v) is 4.75. The summed E-state index contributed by atoms with van der Waals surface area (Å²) in [5.74, 6) is 1.18. The number of aliphatic hydroxyl groups is 1. The lowest BCUT2D eigenvalue weighted by Crippen LogP contribution is -1.97. The molecule has 0 unspecified atom stereocenters. The standard InChI is InChI=1S/C15H21N3O2/c1-3-5-13-7-12(11-19)8-15(17-13)20-14-9-16-18(10-14)6-4-2/h7-10,19H,3-6,11H2,1-2H3. The number of aromatic nitrogens is 3. The van der Waals surface area contributed by atoms with Gasteiger partial charge in [0.05, 0.1) is 19.0 Å². The first kappa shape index (κ1) is 14.5. The lowest BCUT2D eigenvalue weighted by molar-refractivity contribution is 0.280. The molecule has 0 amide bonds. The minimum Gasteiger partial charge on any atom is -0.436 e. The molecule has 108 valence electrons. The first-order valence-electron chi connectivity index (χ1n) is 7.06. The van der Waals surface area contributed by atoms with Gasteiger partial charge in [-0.2, -0.15) is 5.10 Å². The Morgan fingerprint density at radius 3 is 2.80 bits per heavy atom. The molecule has 20 heavy (non-hydrogen) atoms. The average Bonchev–Trinajstić information content (AvgIpc) is 2.86. The molecule has 2 heterocycles. The van der Waals surface area contributed by atoms with Gasteiger partial charge in [0, 0.05) is 18.3 Å². The summed E-state index contributed by atoms with van der Waals surface area (Å²) in [6.07, 6.45) is 6.45. The molecule has 2 rings (SSSR count). The van der Waals surface area contributed by atoms with E-state index in [2.05, 4.69) is 23.9 Å². The first-order valence-corrected chi connectivity index (χ1v) is 7.06. The van der Waals surface area contributed by atoms with Crippen molar-refractivity contribution in [3.63, 3.8) is 0 Å². The maximum atomic E-state index is 9.30. The van der Waals surface area contributed by atoms with E-state index in [0.717, 1.165) is 37.1 Å². The van der Waals surface area contributed by atoms with Crippen LogP contribution in [0.25, 0.3) is 0 Å². The highest BCUT2D eigenvalue weighted by Gasteiger charge is 2.06. The molecule has 0 bridgehead atoms. The summed E-state index contributed by atoms with van der Waals surface area (Å²) in [6, 6.07) is 3.67. The van der Waals surface area contributed by atoms with Crippen molar-refractivity contribution in [2.24, 2.45) is 0 Å². The predicted octanol–water partition coefficient (Wildman–Crippen LogP) is 2.93. The van der Waals surface area contributed by atoms with E-state index >= 15 is 0 Å². The fourth-order valence-electron chi connectivity index (χ4n) is 2.02. The molecule has 0 atom stereocenters. The van der Waals surface area contributed by atoms with E-state index in [9.17, 15) is 5.11 Å². The van der Waals surface area contributed by atoms with Crippen LogP contribution < -0.4 is 4.74 Å². The summed E-state index contributed by atoms with van der Waals surface area (Å²) < 4.78 is 7.57. The van der Waals surface area contributed by atoms with Gasteiger partial charge in [0.15, 0.2) is 5.75 Å². The highest BCUT2D eigenvalue weighted by molar-refractivity contribution is 5.28. The highest BCUT2D eigenvalue weighted by Crippen LogP contribution is 2.21. The third-order valence-electron chi connectivity index (χ3n) is 2.89. The van der Waals surface area contributed by atoms with Crippen molar-refractivity contribution in [1.82, 2.24) is 14.8 Å². The zero-order valence-electron chi connectivity index (χ0n) is 12.0. The summed E-state index contributed by atoms with van der Waals surface area (Å²) in [5, 5.41) is 13.5. The van der Waals surface area contributed by atoms with Crippen LogP contribution in [0.2, 0.25) is 0 Å². The van der Waals surface area contributed by atoms with Crippen molar-refractivity contribution in [2.45, 2.75) is 46.3 Å². The molecule has 0 radical (unpaired) electrons. The number of ether oxygens (including phenoxy) is 1. The van der Waals surface area contributed by atoms with Gasteiger partial charge in [-0.25, -0.2) is 4.98 Å². The Morgan fingerprint density at radius 2 is 2.10 bits per heavy atom. The van der Waals surface area contributed by atoms with E-state index in [4.69, 9.17) is 4.74 Å². The summed E-state index contributed by atoms with van der Waals surface area (Å²) in [7, 11) is 0. The van der Waals surface area contributed by atoms with Crippen molar-refractivity contribution >= 4 is 0 Å². The predicted molar refractivity (Wildman–Crippen MR) is 76.7 cm³/mol. The van der Waals surface area contributed by atoms with Crippen molar-refractivity contribution in [3.05, 3.63) is 35.8 Å². The minimum atomic E-state index is -0.00924. The van der Waals surface area contributed by atoms with Crippen LogP contribution in [0.15, 0.2) is 24.5 Å². The number of rotatable bonds is 7. The summed E-state index contributed by atoms with van der Waals surface area (Å²) in [4.78, 5) is 4.45. The highest BCUT2D eigenvalue weighted by atomic mass is 16.5. The van der Waals surface area contributed by atoms with Gasteiger partial charge in [-0.05, 0) is 24.5 Å². The zero-order chi connectivity index (χ0) is 14.4. The molecular weight excluding hydrogens is 254 g/mol. The van der Waals surface area contributed by atoms with Gasteiger partial charge < -0.3 is 9.84 Å². The van der Waals surface area contributed by atoms with Gasteiger partial charge in [0.2, 0.25) is 5.88 Å². The molecule has 0 saturated heterocycles. The Morgan fingerprint density at radius 1 is 1.25 bits per heavy atom. The average molecular weight is 275 g/mol. The second-order valence-electron chi connectivity index (χ2n) is 4.75. The molecule has 0 aliphatic rings. The first-order chi connectivity index (χ1) is 9.75. The summed E-state index contributed by atoms with van der Waals surface area (Å²) in [5.41, 5.74) is 1.76. The van der Waals surface area contributed by atoms with Crippen LogP contribution in [-0.4, -0.2) is 19.9 Å². The van der Waals surface area contributed by atoms with Gasteiger partial charge in [0.1, 0.15) is 0 Å². The third kappa shape index (κ3) is 3.81. The Labute approximate surface area is 119 Å². The topological polar surface area (TPSA) is 60.2 Å². The molecule has 0 aliphatic carbocycles. The van der Waals surface area contributed by atoms with Gasteiger partial charge in [0.25, 0.3) is 0 Å². The molecule has 0 aromatic carbocycles. The third-order valence-corrected chi connectivity index (χ3v) is 2.89. The van der Waals surface area contributed by atoms with Crippen LogP contribution in [-0.2, 0) is 19.6 Å². The molecule has 1 N–H and O–H groups in total. The van der Waals surface area contributed by atoms with Crippen LogP contribution in [0, 0.1) is 0 Å². The monoisotopic (exact) mass is 275 g/mol. The van der Waals surface area contributed by atoms with Crippen LogP contribution in [0.1, 0.15) is 37.9 Å². The maximum absolute atomic E-state index is 9.30. The summed E-state index contributed by atoms with van der Waals surface area (Å²) >= 11 is 0. The largest absolute Gasteiger partial charge is 0.436 e. The molecule has 2 aromatic rings. The van der Waals surface area contributed by atoms with E-state index in [0.29, 0.717) is 11.6 Å². The molecule has 0 saturated carbocycles. The lowest BCUT2D eigenvalue weighted by Gasteiger charge is -2.07. The van der Waals surface area contributed by atoms with E-state index in [1.807, 2.05) is 16.9 Å². The van der Waals surface area contributed by atoms with E-state index in [-0.39, 0.29) is 6.61 Å². The van der Waals surface area contributed by atoms with Gasteiger partial charge in [-0.1, -0.05) is 20.3 Å². The van der Waals surface area contributed by atoms with Gasteiger partial charge in [-0.15, -0.1) is 0 Å². The Balaban J connectivity index is 2.16. The molecule has 5 heteroatoms. The van der Waals surface area contributed by atoms with E-state index in [1.165, 1.54) is 0 Å². The molecule has 0 aliphatic heterocycles. The fourth-order valence-corrected chi connectivity index (χ4v) is 2.02. The Kier molecular flexibility index (Phi) is 5.12. The lowest BCUT2D eigenvalue weighted by atomic mass is 10.2. The van der Waals surface area contributed by atoms with Gasteiger partial charge >= 0.3 is 0 Å². The van der Waals surface area contributed by atoms with Crippen molar-refractivity contribution in [1.29, 1.82) is 0 Å². The van der Waals surface area contributed by atoms with Crippen LogP contribution >= 0.6 is 0 Å². The number of aryl methyl sites for hydroxylation is 2. The van der Waals surface area contributed by atoms with E-state index in [1.54, 1.807) is 12.3 Å². The van der Waals surface area contributed by atoms with Gasteiger partial charge in [-0.3, -0.25) is 4.68 Å². The number of aliphatic hydroxyl groups excluding tert-OH is 1. The summed E-state index contributed by atoms with van der Waals surface area (Å²) in [6.45, 7) is 5.06. The number of hydrogen-bond donors (Lipinski definition) is 1. The van der Waals surface area contributed by atoms with Crippen LogP contribution in [0.4, 0.5) is 0 Å². The minimum absolute atomic E-state index is 0.00924. The molecule has 2 aromatic heterocycles. The smallest absolute Gasteiger partial charge is 0.219 e. The SMILES string of the molecule is CCCc1cc(CO)cc(Oc2cnn(CCC)c2)n1. The Hall–Kier alpha value is -1.88. The second kappa shape index (κ2) is 7.05. The number of nitrogens with zero attached hydrogens (tertiary/aromatic N) is 3.